The molecule has 30 heavy (non-hydrogen) atoms. The third-order valence-corrected chi connectivity index (χ3v) is 6.59. The van der Waals surface area contributed by atoms with Crippen molar-refractivity contribution in [2.45, 2.75) is 4.90 Å². The minimum atomic E-state index is -3.89. The van der Waals surface area contributed by atoms with Crippen molar-refractivity contribution in [2.75, 3.05) is 26.0 Å². The second kappa shape index (κ2) is 8.83. The number of sulfonamides is 1. The van der Waals surface area contributed by atoms with Crippen molar-refractivity contribution < 1.29 is 22.7 Å². The van der Waals surface area contributed by atoms with Crippen LogP contribution >= 0.6 is 11.6 Å². The number of rotatable bonds is 6. The van der Waals surface area contributed by atoms with Gasteiger partial charge < -0.3 is 10.1 Å². The van der Waals surface area contributed by atoms with Crippen molar-refractivity contribution in [3.8, 4) is 0 Å². The van der Waals surface area contributed by atoms with Crippen molar-refractivity contribution in [1.29, 1.82) is 0 Å². The molecular formula is C21H19ClN2O5S. The molecule has 0 bridgehead atoms. The number of esters is 1. The SMILES string of the molecule is COC(=O)c1ccc(Cl)c(NC(=O)CN(C)S(=O)(=O)c2ccc3ccccc3c2)c1. The first-order valence-electron chi connectivity index (χ1n) is 8.85. The molecule has 0 aliphatic heterocycles. The Labute approximate surface area is 179 Å². The maximum absolute atomic E-state index is 12.9. The second-order valence-corrected chi connectivity index (χ2v) is 8.96. The van der Waals surface area contributed by atoms with Crippen LogP contribution in [0.15, 0.2) is 65.6 Å². The molecular weight excluding hydrogens is 428 g/mol. The Balaban J connectivity index is 1.76. The Bertz CT molecular complexity index is 1230. The average Bonchev–Trinajstić information content (AvgIpc) is 2.74. The lowest BCUT2D eigenvalue weighted by Crippen LogP contribution is -2.35. The molecule has 0 aromatic heterocycles. The van der Waals surface area contributed by atoms with Gasteiger partial charge >= 0.3 is 5.97 Å². The van der Waals surface area contributed by atoms with Gasteiger partial charge in [0, 0.05) is 7.05 Å². The number of anilines is 1. The summed E-state index contributed by atoms with van der Waals surface area (Å²) in [5.74, 6) is -1.19. The lowest BCUT2D eigenvalue weighted by Gasteiger charge is -2.17. The Morgan fingerprint density at radius 1 is 1.03 bits per heavy atom. The Hall–Kier alpha value is -2.94. The second-order valence-electron chi connectivity index (χ2n) is 6.50. The van der Waals surface area contributed by atoms with E-state index in [0.29, 0.717) is 0 Å². The standard InChI is InChI=1S/C21H19ClN2O5S/c1-24(30(27,28)17-9-7-14-5-3-4-6-15(14)11-17)13-20(25)23-19-12-16(21(26)29-2)8-10-18(19)22/h3-12H,13H2,1-2H3,(H,23,25). The summed E-state index contributed by atoms with van der Waals surface area (Å²) >= 11 is 6.07. The van der Waals surface area contributed by atoms with Crippen LogP contribution in [0.2, 0.25) is 5.02 Å². The number of hydrogen-bond acceptors (Lipinski definition) is 5. The molecule has 7 nitrogen and oxygen atoms in total. The van der Waals surface area contributed by atoms with Crippen LogP contribution in [0.5, 0.6) is 0 Å². The van der Waals surface area contributed by atoms with Gasteiger partial charge in [-0.15, -0.1) is 0 Å². The molecule has 0 unspecified atom stereocenters. The van der Waals surface area contributed by atoms with Gasteiger partial charge in [0.25, 0.3) is 0 Å². The zero-order valence-corrected chi connectivity index (χ0v) is 17.8. The fourth-order valence-electron chi connectivity index (χ4n) is 2.85. The first kappa shape index (κ1) is 21.8. The number of halogens is 1. The summed E-state index contributed by atoms with van der Waals surface area (Å²) in [7, 11) is -1.33. The highest BCUT2D eigenvalue weighted by molar-refractivity contribution is 7.89. The van der Waals surface area contributed by atoms with Crippen LogP contribution < -0.4 is 5.32 Å². The van der Waals surface area contributed by atoms with Crippen molar-refractivity contribution in [1.82, 2.24) is 4.31 Å². The van der Waals surface area contributed by atoms with Gasteiger partial charge in [-0.3, -0.25) is 4.79 Å². The molecule has 0 radical (unpaired) electrons. The average molecular weight is 447 g/mol. The van der Waals surface area contributed by atoms with Crippen LogP contribution in [0.3, 0.4) is 0 Å². The summed E-state index contributed by atoms with van der Waals surface area (Å²) < 4.78 is 31.3. The normalized spacial score (nSPS) is 11.5. The third-order valence-electron chi connectivity index (χ3n) is 4.46. The summed E-state index contributed by atoms with van der Waals surface area (Å²) in [4.78, 5) is 24.2. The summed E-state index contributed by atoms with van der Waals surface area (Å²) in [6, 6.07) is 16.4. The van der Waals surface area contributed by atoms with E-state index in [2.05, 4.69) is 10.1 Å². The molecule has 0 saturated carbocycles. The summed E-state index contributed by atoms with van der Waals surface area (Å²) in [5, 5.41) is 4.43. The molecule has 3 rings (SSSR count). The van der Waals surface area contributed by atoms with Crippen LogP contribution in [-0.4, -0.2) is 45.3 Å². The van der Waals surface area contributed by atoms with E-state index < -0.39 is 28.4 Å². The van der Waals surface area contributed by atoms with Gasteiger partial charge in [-0.2, -0.15) is 4.31 Å². The highest BCUT2D eigenvalue weighted by atomic mass is 35.5. The molecule has 0 aliphatic rings. The van der Waals surface area contributed by atoms with Crippen LogP contribution in [0.25, 0.3) is 10.8 Å². The van der Waals surface area contributed by atoms with Crippen molar-refractivity contribution in [3.63, 3.8) is 0 Å². The van der Waals surface area contributed by atoms with Crippen molar-refractivity contribution in [3.05, 3.63) is 71.2 Å². The molecule has 3 aromatic carbocycles. The van der Waals surface area contributed by atoms with Gasteiger partial charge in [0.15, 0.2) is 0 Å². The van der Waals surface area contributed by atoms with Crippen LogP contribution in [0.4, 0.5) is 5.69 Å². The highest BCUT2D eigenvalue weighted by Gasteiger charge is 2.23. The number of ether oxygens (including phenoxy) is 1. The van der Waals surface area contributed by atoms with Crippen LogP contribution in [0, 0.1) is 0 Å². The number of nitrogens with zero attached hydrogens (tertiary/aromatic N) is 1. The van der Waals surface area contributed by atoms with E-state index >= 15 is 0 Å². The predicted octanol–water partition coefficient (Wildman–Crippen LogP) is 3.54. The summed E-state index contributed by atoms with van der Waals surface area (Å²) in [5.41, 5.74) is 0.385. The Morgan fingerprint density at radius 2 is 1.73 bits per heavy atom. The van der Waals surface area contributed by atoms with Gasteiger partial charge in [-0.1, -0.05) is 41.9 Å². The molecule has 0 fully saturated rings. The number of amides is 1. The van der Waals surface area contributed by atoms with Gasteiger partial charge in [0.05, 0.1) is 34.8 Å². The minimum absolute atomic E-state index is 0.0854. The molecule has 0 heterocycles. The van der Waals surface area contributed by atoms with Gasteiger partial charge in [-0.05, 0) is 41.1 Å². The molecule has 3 aromatic rings. The van der Waals surface area contributed by atoms with E-state index in [4.69, 9.17) is 11.6 Å². The zero-order valence-electron chi connectivity index (χ0n) is 16.3. The highest BCUT2D eigenvalue weighted by Crippen LogP contribution is 2.24. The number of carbonyl (C=O) groups is 2. The maximum Gasteiger partial charge on any atom is 0.337 e. The number of methoxy groups -OCH3 is 1. The smallest absolute Gasteiger partial charge is 0.337 e. The van der Waals surface area contributed by atoms with Gasteiger partial charge in [0.1, 0.15) is 0 Å². The monoisotopic (exact) mass is 446 g/mol. The molecule has 156 valence electrons. The number of hydrogen-bond donors (Lipinski definition) is 1. The van der Waals surface area contributed by atoms with Gasteiger partial charge in [-0.25, -0.2) is 13.2 Å². The number of carbonyl (C=O) groups excluding carboxylic acids is 2. The number of benzene rings is 3. The van der Waals surface area contributed by atoms with E-state index in [9.17, 15) is 18.0 Å². The first-order valence-corrected chi connectivity index (χ1v) is 10.7. The lowest BCUT2D eigenvalue weighted by molar-refractivity contribution is -0.116. The van der Waals surface area contributed by atoms with E-state index in [1.54, 1.807) is 12.1 Å². The lowest BCUT2D eigenvalue weighted by atomic mass is 10.1. The molecule has 0 aliphatic carbocycles. The van der Waals surface area contributed by atoms with Crippen molar-refractivity contribution in [2.24, 2.45) is 0 Å². The quantitative estimate of drug-likeness (QED) is 0.584. The number of fused-ring (bicyclic) bond motifs is 1. The fraction of sp³-hybridized carbons (Fsp3) is 0.143. The molecule has 0 atom stereocenters. The number of likely N-dealkylation sites (N-methyl/N-ethyl adjacent to an activating group) is 1. The summed E-state index contributed by atoms with van der Waals surface area (Å²) in [6.45, 7) is -0.437. The van der Waals surface area contributed by atoms with Gasteiger partial charge in [0.2, 0.25) is 15.9 Å². The van der Waals surface area contributed by atoms with E-state index in [1.807, 2.05) is 24.3 Å². The largest absolute Gasteiger partial charge is 0.465 e. The van der Waals surface area contributed by atoms with E-state index in [-0.39, 0.29) is 21.2 Å². The third kappa shape index (κ3) is 4.62. The first-order chi connectivity index (χ1) is 14.2. The molecule has 0 spiro atoms. The predicted molar refractivity (Wildman–Crippen MR) is 115 cm³/mol. The van der Waals surface area contributed by atoms with E-state index in [1.165, 1.54) is 38.4 Å². The van der Waals surface area contributed by atoms with Crippen LogP contribution in [0.1, 0.15) is 10.4 Å². The minimum Gasteiger partial charge on any atom is -0.465 e. The summed E-state index contributed by atoms with van der Waals surface area (Å²) in [6.07, 6.45) is 0. The Morgan fingerprint density at radius 3 is 2.43 bits per heavy atom. The molecule has 0 saturated heterocycles. The maximum atomic E-state index is 12.9. The Kier molecular flexibility index (Phi) is 6.40. The van der Waals surface area contributed by atoms with Crippen molar-refractivity contribution >= 4 is 50.0 Å². The zero-order chi connectivity index (χ0) is 21.9. The van der Waals surface area contributed by atoms with E-state index in [0.717, 1.165) is 15.1 Å². The van der Waals surface area contributed by atoms with Crippen LogP contribution in [-0.2, 0) is 19.6 Å². The fourth-order valence-corrected chi connectivity index (χ4v) is 4.18. The molecule has 1 N–H and O–H groups in total. The topological polar surface area (TPSA) is 92.8 Å². The molecule has 9 heteroatoms. The number of nitrogens with one attached hydrogen (secondary N) is 1. The molecule has 1 amide bonds.